The highest BCUT2D eigenvalue weighted by atomic mass is 16.6. The van der Waals surface area contributed by atoms with E-state index in [4.69, 9.17) is 31.4 Å². The number of benzene rings is 2. The number of fused-ring (bicyclic) bond motifs is 1. The highest BCUT2D eigenvalue weighted by Crippen LogP contribution is 2.17. The number of primary amides is 1. The summed E-state index contributed by atoms with van der Waals surface area (Å²) in [4.78, 5) is 129. The number of nitrogens with zero attached hydrogens (tertiary/aromatic N) is 5. The van der Waals surface area contributed by atoms with Gasteiger partial charge < -0.3 is 73.7 Å². The molecule has 5 rings (SSSR count). The molecule has 2 aromatic heterocycles. The van der Waals surface area contributed by atoms with Crippen molar-refractivity contribution in [3.8, 4) is 0 Å². The quantitative estimate of drug-likeness (QED) is 0.0275. The number of carboxylic acid groups (broad SMARTS) is 1. The fraction of sp³-hybridized carbons (Fsp3) is 0.383. The maximum absolute atomic E-state index is 13.5. The first kappa shape index (κ1) is 56.7. The summed E-state index contributed by atoms with van der Waals surface area (Å²) in [5, 5.41) is 28.2. The first-order valence-electron chi connectivity index (χ1n) is 23.5. The molecule has 14 N–H and O–H groups in total. The van der Waals surface area contributed by atoms with Crippen molar-refractivity contribution >= 4 is 88.0 Å². The molecule has 75 heavy (non-hydrogen) atoms. The zero-order chi connectivity index (χ0) is 54.4. The largest absolute Gasteiger partial charge is 0.480 e. The molecule has 0 unspecified atom stereocenters. The Hall–Kier alpha value is -9.21. The molecule has 0 fully saturated rings. The third kappa shape index (κ3) is 18.4. The average molecular weight is 1040 g/mol. The van der Waals surface area contributed by atoms with Crippen molar-refractivity contribution in [2.45, 2.75) is 70.8 Å². The van der Waals surface area contributed by atoms with Gasteiger partial charge in [-0.3, -0.25) is 28.9 Å². The van der Waals surface area contributed by atoms with E-state index in [0.717, 1.165) is 17.1 Å². The van der Waals surface area contributed by atoms with E-state index in [1.165, 1.54) is 18.3 Å². The zero-order valence-corrected chi connectivity index (χ0v) is 41.0. The highest BCUT2D eigenvalue weighted by molar-refractivity contribution is 6.12. The van der Waals surface area contributed by atoms with Crippen molar-refractivity contribution < 1.29 is 62.5 Å². The highest BCUT2D eigenvalue weighted by Gasteiger charge is 2.30. The normalized spacial score (nSPS) is 13.1. The molecule has 0 saturated carbocycles. The number of alkyl carbamates (subject to hydrolysis) is 2. The van der Waals surface area contributed by atoms with E-state index in [0.29, 0.717) is 28.1 Å². The number of nitrogen functional groups attached to an aromatic ring is 2. The van der Waals surface area contributed by atoms with E-state index in [-0.39, 0.29) is 101 Å². The Morgan fingerprint density at radius 2 is 1.40 bits per heavy atom. The summed E-state index contributed by atoms with van der Waals surface area (Å²) in [5.41, 5.74) is 19.5. The lowest BCUT2D eigenvalue weighted by Gasteiger charge is -2.25. The summed E-state index contributed by atoms with van der Waals surface area (Å²) in [6.45, 7) is 3.37. The maximum atomic E-state index is 13.5. The van der Waals surface area contributed by atoms with Crippen molar-refractivity contribution in [2.24, 2.45) is 11.7 Å². The van der Waals surface area contributed by atoms with Crippen molar-refractivity contribution in [1.29, 1.82) is 0 Å². The second-order valence-corrected chi connectivity index (χ2v) is 16.9. The number of aromatic nitrogens is 4. The van der Waals surface area contributed by atoms with Gasteiger partial charge >= 0.3 is 24.2 Å². The number of hydrogen-bond donors (Lipinski definition) is 11. The van der Waals surface area contributed by atoms with E-state index in [2.05, 4.69) is 57.2 Å². The van der Waals surface area contributed by atoms with Gasteiger partial charge in [0.25, 0.3) is 17.7 Å². The number of carbonyl (C=O) groups excluding carboxylic acids is 8. The smallest absolute Gasteiger partial charge is 0.407 e. The zero-order valence-electron chi connectivity index (χ0n) is 41.0. The molecule has 28 heteroatoms. The van der Waals surface area contributed by atoms with Gasteiger partial charge in [-0.2, -0.15) is 9.97 Å². The molecule has 1 aliphatic rings. The minimum Gasteiger partial charge on any atom is -0.480 e. The summed E-state index contributed by atoms with van der Waals surface area (Å²) >= 11 is 0. The SMILES string of the molecule is CC(C)[C@H](NC(=O)OCCOCCN1C(=O)C=CC1=O)C(=O)N[C@@H](CCCNC(N)=O)C(=O)Nc1ccc(COC(=O)NCCC[C@H](NC(=O)c2ccc(NCc3cnc4nc(N)nc(N)c4n3)cc2)C(=O)O)cc1. The first-order valence-corrected chi connectivity index (χ1v) is 23.5. The van der Waals surface area contributed by atoms with Gasteiger partial charge in [-0.1, -0.05) is 26.0 Å². The fourth-order valence-corrected chi connectivity index (χ4v) is 6.96. The van der Waals surface area contributed by atoms with Gasteiger partial charge in [-0.05, 0) is 73.6 Å². The van der Waals surface area contributed by atoms with Crippen molar-refractivity contribution in [2.75, 3.05) is 61.6 Å². The Labute approximate surface area is 428 Å². The molecule has 28 nitrogen and oxygen atoms in total. The lowest BCUT2D eigenvalue weighted by Crippen LogP contribution is -2.54. The van der Waals surface area contributed by atoms with Crippen LogP contribution in [0.15, 0.2) is 66.9 Å². The van der Waals surface area contributed by atoms with E-state index >= 15 is 0 Å². The number of rotatable bonds is 28. The maximum Gasteiger partial charge on any atom is 0.407 e. The van der Waals surface area contributed by atoms with Crippen LogP contribution < -0.4 is 54.4 Å². The molecule has 0 bridgehead atoms. The summed E-state index contributed by atoms with van der Waals surface area (Å²) in [6.07, 6.45) is 2.58. The number of hydrogen-bond acceptors (Lipinski definition) is 19. The number of urea groups is 1. The summed E-state index contributed by atoms with van der Waals surface area (Å²) < 4.78 is 15.7. The third-order valence-electron chi connectivity index (χ3n) is 10.9. The lowest BCUT2D eigenvalue weighted by molar-refractivity contribution is -0.140. The van der Waals surface area contributed by atoms with Crippen LogP contribution in [0.25, 0.3) is 11.2 Å². The molecule has 0 radical (unpaired) electrons. The summed E-state index contributed by atoms with van der Waals surface area (Å²) in [5.74, 6) is -4.45. The van der Waals surface area contributed by atoms with Gasteiger partial charge in [0, 0.05) is 42.2 Å². The molecule has 1 aliphatic heterocycles. The molecule has 2 aromatic carbocycles. The molecule has 0 aliphatic carbocycles. The van der Waals surface area contributed by atoms with Crippen LogP contribution in [-0.2, 0) is 51.3 Å². The number of imide groups is 1. The predicted octanol–water partition coefficient (Wildman–Crippen LogP) is 0.650. The van der Waals surface area contributed by atoms with Gasteiger partial charge in [-0.25, -0.2) is 29.1 Å². The summed E-state index contributed by atoms with van der Waals surface area (Å²) in [7, 11) is 0. The lowest BCUT2D eigenvalue weighted by atomic mass is 10.0. The Kier molecular flexibility index (Phi) is 21.3. The first-order chi connectivity index (χ1) is 35.9. The van der Waals surface area contributed by atoms with Crippen LogP contribution in [0.1, 0.15) is 61.1 Å². The molecule has 400 valence electrons. The number of carbonyl (C=O) groups is 9. The third-order valence-corrected chi connectivity index (χ3v) is 10.9. The number of carboxylic acids is 1. The second kappa shape index (κ2) is 28.1. The number of nitrogens with one attached hydrogen (secondary N) is 7. The molecule has 0 saturated heterocycles. The van der Waals surface area contributed by atoms with Gasteiger partial charge in [0.2, 0.25) is 17.8 Å². The van der Waals surface area contributed by atoms with E-state index in [1.54, 1.807) is 50.2 Å². The topological polar surface area (TPSA) is 419 Å². The number of amides is 9. The van der Waals surface area contributed by atoms with Crippen LogP contribution in [0.4, 0.5) is 37.5 Å². The Balaban J connectivity index is 1.01. The van der Waals surface area contributed by atoms with Gasteiger partial charge in [0.15, 0.2) is 17.0 Å². The molecule has 3 heterocycles. The Morgan fingerprint density at radius 3 is 2.07 bits per heavy atom. The van der Waals surface area contributed by atoms with Crippen LogP contribution in [0.5, 0.6) is 0 Å². The number of aliphatic carboxylic acids is 1. The van der Waals surface area contributed by atoms with E-state index in [1.807, 2.05) is 0 Å². The van der Waals surface area contributed by atoms with E-state index < -0.39 is 77.8 Å². The van der Waals surface area contributed by atoms with Crippen LogP contribution in [-0.4, -0.2) is 141 Å². The van der Waals surface area contributed by atoms with Gasteiger partial charge in [0.1, 0.15) is 31.3 Å². The van der Waals surface area contributed by atoms with Crippen LogP contribution in [0, 0.1) is 5.92 Å². The second-order valence-electron chi connectivity index (χ2n) is 16.9. The van der Waals surface area contributed by atoms with Crippen LogP contribution >= 0.6 is 0 Å². The predicted molar refractivity (Wildman–Crippen MR) is 268 cm³/mol. The average Bonchev–Trinajstić information content (AvgIpc) is 3.69. The van der Waals surface area contributed by atoms with Gasteiger partial charge in [0.05, 0.1) is 38.2 Å². The number of ether oxygens (including phenoxy) is 3. The monoisotopic (exact) mass is 1040 g/mol. The van der Waals surface area contributed by atoms with Crippen molar-refractivity contribution in [3.05, 3.63) is 83.7 Å². The molecule has 3 atom stereocenters. The minimum absolute atomic E-state index is 0.00466. The molecular weight excluding hydrogens is 983 g/mol. The molecule has 0 spiro atoms. The van der Waals surface area contributed by atoms with E-state index in [9.17, 15) is 48.3 Å². The Morgan fingerprint density at radius 1 is 0.733 bits per heavy atom. The van der Waals surface area contributed by atoms with Crippen molar-refractivity contribution in [3.63, 3.8) is 0 Å². The van der Waals surface area contributed by atoms with Crippen LogP contribution in [0.2, 0.25) is 0 Å². The minimum atomic E-state index is -1.26. The fourth-order valence-electron chi connectivity index (χ4n) is 6.96. The van der Waals surface area contributed by atoms with Crippen LogP contribution in [0.3, 0.4) is 0 Å². The number of nitrogens with two attached hydrogens (primary N) is 3. The molecular formula is C47H59N15O13. The van der Waals surface area contributed by atoms with Gasteiger partial charge in [-0.15, -0.1) is 0 Å². The van der Waals surface area contributed by atoms with Crippen molar-refractivity contribution in [1.82, 2.24) is 51.4 Å². The molecule has 4 aromatic rings. The summed E-state index contributed by atoms with van der Waals surface area (Å²) in [6, 6.07) is 8.31. The molecule has 9 amide bonds. The number of anilines is 4. The Bertz CT molecular complexity index is 2710. The standard InChI is InChI=1S/C47H59N15O13/c1-26(2)36(59-47(72)74-22-21-73-20-19-62-34(63)15-16-35(62)64)42(67)57-32(5-3-17-51-45(50)70)41(66)56-30-11-7-27(8-12-30)25-75-46(71)52-18-4-6-33(43(68)69)58-40(65)28-9-13-29(14-10-28)53-23-31-24-54-39-37(55-31)38(48)60-44(49)61-39/h7-16,24,26,32-33,36,53H,3-6,17-23,25H2,1-2H3,(H,52,71)(H,56,66)(H,57,67)(H,58,65)(H,59,72)(H,68,69)(H3,50,51,70)(H4,48,49,54,60,61)/t32-,33-,36-/m0/s1.